The highest BCUT2D eigenvalue weighted by Crippen LogP contribution is 2.53. The molecule has 2 unspecified atom stereocenters. The normalized spacial score (nSPS) is 23.2. The van der Waals surface area contributed by atoms with Gasteiger partial charge in [-0.1, -0.05) is 44.5 Å². The summed E-state index contributed by atoms with van der Waals surface area (Å²) < 4.78 is 7.47. The van der Waals surface area contributed by atoms with Crippen LogP contribution in [0, 0.1) is 17.8 Å². The van der Waals surface area contributed by atoms with E-state index in [4.69, 9.17) is 16.3 Å². The molecule has 1 aliphatic carbocycles. The smallest absolute Gasteiger partial charge is 0.255 e. The Balaban J connectivity index is 1.61. The van der Waals surface area contributed by atoms with E-state index in [0.29, 0.717) is 11.1 Å². The second-order valence-corrected chi connectivity index (χ2v) is 11.6. The van der Waals surface area contributed by atoms with Gasteiger partial charge in [0.05, 0.1) is 29.1 Å². The van der Waals surface area contributed by atoms with Crippen molar-refractivity contribution in [2.75, 3.05) is 13.7 Å². The lowest BCUT2D eigenvalue weighted by Crippen LogP contribution is -2.37. The molecule has 4 nitrogen and oxygen atoms in total. The van der Waals surface area contributed by atoms with Gasteiger partial charge in [-0.05, 0) is 85.0 Å². The number of carbonyl (C=O) groups excluding carboxylic acids is 1. The van der Waals surface area contributed by atoms with Gasteiger partial charge in [-0.2, -0.15) is 0 Å². The van der Waals surface area contributed by atoms with Gasteiger partial charge in [-0.15, -0.1) is 0 Å². The van der Waals surface area contributed by atoms with E-state index < -0.39 is 0 Å². The number of hydrogen-bond donors (Lipinski definition) is 0. The standard InChI is InChI=1S/C29H33ClN2O2/c1-19-23(27(33)31-18-29(4)16-21(31)15-28(2,3)17-29)14-26(20-10-12-22(34-5)13-11-20)32(19)25-9-7-6-8-24(25)30/h6-14,21H,15-18H2,1-5H3. The van der Waals surface area contributed by atoms with Crippen LogP contribution in [-0.4, -0.2) is 35.1 Å². The van der Waals surface area contributed by atoms with Crippen molar-refractivity contribution in [1.82, 2.24) is 9.47 Å². The third-order valence-corrected chi connectivity index (χ3v) is 7.95. The highest BCUT2D eigenvalue weighted by Gasteiger charge is 2.51. The first-order valence-electron chi connectivity index (χ1n) is 12.0. The number of likely N-dealkylation sites (tertiary alicyclic amines) is 1. The molecule has 2 aliphatic rings. The molecule has 1 saturated heterocycles. The second-order valence-electron chi connectivity index (χ2n) is 11.2. The molecule has 2 aromatic carbocycles. The van der Waals surface area contributed by atoms with Gasteiger partial charge in [0, 0.05) is 18.3 Å². The number of benzene rings is 2. The van der Waals surface area contributed by atoms with Gasteiger partial charge >= 0.3 is 0 Å². The number of rotatable bonds is 4. The first-order chi connectivity index (χ1) is 16.1. The van der Waals surface area contributed by atoms with E-state index in [1.165, 1.54) is 0 Å². The van der Waals surface area contributed by atoms with Crippen molar-refractivity contribution in [3.05, 3.63) is 70.9 Å². The minimum absolute atomic E-state index is 0.129. The summed E-state index contributed by atoms with van der Waals surface area (Å²) in [7, 11) is 1.66. The third-order valence-electron chi connectivity index (χ3n) is 7.63. The van der Waals surface area contributed by atoms with E-state index in [1.807, 2.05) is 61.5 Å². The molecular weight excluding hydrogens is 444 g/mol. The maximum absolute atomic E-state index is 14.0. The monoisotopic (exact) mass is 476 g/mol. The quantitative estimate of drug-likeness (QED) is 0.400. The van der Waals surface area contributed by atoms with Crippen LogP contribution in [0.25, 0.3) is 16.9 Å². The largest absolute Gasteiger partial charge is 0.497 e. The van der Waals surface area contributed by atoms with E-state index in [2.05, 4.69) is 30.2 Å². The summed E-state index contributed by atoms with van der Waals surface area (Å²) in [5, 5.41) is 0.654. The fraction of sp³-hybridized carbons (Fsp3) is 0.414. The summed E-state index contributed by atoms with van der Waals surface area (Å²) in [6.45, 7) is 9.88. The predicted octanol–water partition coefficient (Wildman–Crippen LogP) is 7.16. The Hall–Kier alpha value is -2.72. The first kappa shape index (κ1) is 23.0. The van der Waals surface area contributed by atoms with Crippen molar-refractivity contribution in [3.8, 4) is 22.7 Å². The minimum atomic E-state index is 0.129. The van der Waals surface area contributed by atoms with E-state index in [0.717, 1.165) is 59.8 Å². The number of fused-ring (bicyclic) bond motifs is 2. The summed E-state index contributed by atoms with van der Waals surface area (Å²) in [5.74, 6) is 0.928. The number of nitrogens with zero attached hydrogens (tertiary/aromatic N) is 2. The highest BCUT2D eigenvalue weighted by atomic mass is 35.5. The summed E-state index contributed by atoms with van der Waals surface area (Å²) in [4.78, 5) is 16.2. The molecule has 0 radical (unpaired) electrons. The lowest BCUT2D eigenvalue weighted by molar-refractivity contribution is 0.0707. The molecule has 5 rings (SSSR count). The van der Waals surface area contributed by atoms with Crippen molar-refractivity contribution in [2.24, 2.45) is 10.8 Å². The zero-order valence-corrected chi connectivity index (χ0v) is 21.4. The van der Waals surface area contributed by atoms with Crippen LogP contribution in [0.4, 0.5) is 0 Å². The number of hydrogen-bond acceptors (Lipinski definition) is 2. The van der Waals surface area contributed by atoms with Crippen LogP contribution in [0.5, 0.6) is 5.75 Å². The number of carbonyl (C=O) groups is 1. The molecule has 178 valence electrons. The van der Waals surface area contributed by atoms with Gasteiger partial charge in [-0.3, -0.25) is 4.79 Å². The van der Waals surface area contributed by atoms with E-state index in [-0.39, 0.29) is 16.7 Å². The lowest BCUT2D eigenvalue weighted by atomic mass is 9.65. The minimum Gasteiger partial charge on any atom is -0.497 e. The molecular formula is C29H33ClN2O2. The third kappa shape index (κ3) is 3.92. The zero-order chi connectivity index (χ0) is 24.3. The summed E-state index contributed by atoms with van der Waals surface area (Å²) in [5.41, 5.74) is 4.95. The second kappa shape index (κ2) is 8.20. The zero-order valence-electron chi connectivity index (χ0n) is 20.7. The van der Waals surface area contributed by atoms with Crippen LogP contribution >= 0.6 is 11.6 Å². The fourth-order valence-corrected chi connectivity index (χ4v) is 6.81. The molecule has 2 heterocycles. The van der Waals surface area contributed by atoms with Crippen LogP contribution in [0.15, 0.2) is 54.6 Å². The summed E-state index contributed by atoms with van der Waals surface area (Å²) >= 11 is 6.64. The fourth-order valence-electron chi connectivity index (χ4n) is 6.59. The molecule has 2 atom stereocenters. The van der Waals surface area contributed by atoms with E-state index in [1.54, 1.807) is 7.11 Å². The maximum Gasteiger partial charge on any atom is 0.255 e. The molecule has 1 aliphatic heterocycles. The molecule has 0 N–H and O–H groups in total. The number of para-hydroxylation sites is 1. The van der Waals surface area contributed by atoms with Gasteiger partial charge in [-0.25, -0.2) is 0 Å². The molecule has 0 spiro atoms. The molecule has 2 bridgehead atoms. The van der Waals surface area contributed by atoms with Gasteiger partial charge in [0.2, 0.25) is 0 Å². The van der Waals surface area contributed by atoms with E-state index >= 15 is 0 Å². The van der Waals surface area contributed by atoms with E-state index in [9.17, 15) is 4.79 Å². The number of amides is 1. The van der Waals surface area contributed by atoms with Gasteiger partial charge in [0.25, 0.3) is 5.91 Å². The van der Waals surface area contributed by atoms with Crippen molar-refractivity contribution in [2.45, 2.75) is 53.0 Å². The van der Waals surface area contributed by atoms with Crippen molar-refractivity contribution >= 4 is 17.5 Å². The Kier molecular flexibility index (Phi) is 5.55. The summed E-state index contributed by atoms with van der Waals surface area (Å²) in [6.07, 6.45) is 3.32. The van der Waals surface area contributed by atoms with Crippen molar-refractivity contribution in [3.63, 3.8) is 0 Å². The highest BCUT2D eigenvalue weighted by molar-refractivity contribution is 6.32. The molecule has 1 amide bonds. The topological polar surface area (TPSA) is 34.5 Å². The Morgan fingerprint density at radius 1 is 1.06 bits per heavy atom. The number of ether oxygens (including phenoxy) is 1. The molecule has 3 aromatic rings. The van der Waals surface area contributed by atoms with Gasteiger partial charge in [0.1, 0.15) is 5.75 Å². The van der Waals surface area contributed by atoms with Gasteiger partial charge in [0.15, 0.2) is 0 Å². The molecule has 5 heteroatoms. The number of aromatic nitrogens is 1. The van der Waals surface area contributed by atoms with Crippen LogP contribution in [0.3, 0.4) is 0 Å². The molecule has 34 heavy (non-hydrogen) atoms. The first-order valence-corrected chi connectivity index (χ1v) is 12.4. The van der Waals surface area contributed by atoms with Crippen molar-refractivity contribution < 1.29 is 9.53 Å². The van der Waals surface area contributed by atoms with Crippen LogP contribution in [-0.2, 0) is 0 Å². The van der Waals surface area contributed by atoms with Crippen LogP contribution in [0.1, 0.15) is 56.1 Å². The Morgan fingerprint density at radius 3 is 2.44 bits per heavy atom. The Bertz CT molecular complexity index is 1240. The molecule has 1 saturated carbocycles. The molecule has 1 aromatic heterocycles. The average molecular weight is 477 g/mol. The SMILES string of the molecule is COc1ccc(-c2cc(C(=O)N3CC4(C)CC3CC(C)(C)C4)c(C)n2-c2ccccc2Cl)cc1. The van der Waals surface area contributed by atoms with Gasteiger partial charge < -0.3 is 14.2 Å². The van der Waals surface area contributed by atoms with Crippen molar-refractivity contribution in [1.29, 1.82) is 0 Å². The van der Waals surface area contributed by atoms with Crippen LogP contribution in [0.2, 0.25) is 5.02 Å². The number of halogens is 1. The Labute approximate surface area is 207 Å². The predicted molar refractivity (Wildman–Crippen MR) is 138 cm³/mol. The van der Waals surface area contributed by atoms with Crippen LogP contribution < -0.4 is 4.74 Å². The average Bonchev–Trinajstić information content (AvgIpc) is 3.26. The molecule has 2 fully saturated rings. The number of methoxy groups -OCH3 is 1. The summed E-state index contributed by atoms with van der Waals surface area (Å²) in [6, 6.07) is 18.1. The Morgan fingerprint density at radius 2 is 1.76 bits per heavy atom. The maximum atomic E-state index is 14.0. The lowest BCUT2D eigenvalue weighted by Gasteiger charge is -2.39.